The van der Waals surface area contributed by atoms with Gasteiger partial charge in [0.25, 0.3) is 0 Å². The van der Waals surface area contributed by atoms with E-state index >= 15 is 0 Å². The van der Waals surface area contributed by atoms with Gasteiger partial charge in [0.05, 0.1) is 0 Å². The van der Waals surface area contributed by atoms with Crippen molar-refractivity contribution in [1.29, 1.82) is 0 Å². The van der Waals surface area contributed by atoms with Gasteiger partial charge < -0.3 is 12.4 Å². The summed E-state index contributed by atoms with van der Waals surface area (Å²) in [6.07, 6.45) is 9.07. The first kappa shape index (κ1) is 34.0. The molecule has 1 heterocycles. The molecule has 0 amide bonds. The number of aryl methyl sites for hydroxylation is 2. The average Bonchev–Trinajstić information content (AvgIpc) is 3.37. The minimum absolute atomic E-state index is 0. The van der Waals surface area contributed by atoms with Crippen LogP contribution < -0.4 is 12.4 Å². The first-order valence-corrected chi connectivity index (χ1v) is 17.2. The monoisotopic (exact) mass is 676 g/mol. The molecule has 0 aromatic heterocycles. The Bertz CT molecular complexity index is 1650. The van der Waals surface area contributed by atoms with Crippen LogP contribution in [0.1, 0.15) is 97.9 Å². The van der Waals surface area contributed by atoms with Crippen molar-refractivity contribution in [2.24, 2.45) is 0 Å². The molecule has 2 fully saturated rings. The molecule has 0 bridgehead atoms. The molecule has 2 aliphatic rings. The average molecular weight is 677 g/mol. The molecule has 241 valence electrons. The molecule has 4 aromatic rings. The van der Waals surface area contributed by atoms with E-state index in [1.807, 2.05) is 12.1 Å². The zero-order valence-corrected chi connectivity index (χ0v) is 29.7. The summed E-state index contributed by atoms with van der Waals surface area (Å²) in [5.74, 6) is 0.720. The Morgan fingerprint density at radius 1 is 0.630 bits per heavy atom. The fourth-order valence-electron chi connectivity index (χ4n) is 7.16. The SMILES string of the molecule is Cc1cc(C=[N+]2[Mn][N+](=Cc3cc(C)cc(C(C)(C)c4ccccc4)c3O)[C@@H]3CCCC[C@H]32)c(O)c(C(C)(C)c2ccccc2)c1.[Cl-]. The minimum Gasteiger partial charge on any atom is -1.00 e. The maximum absolute atomic E-state index is 11.7. The van der Waals surface area contributed by atoms with Gasteiger partial charge in [-0.1, -0.05) is 0 Å². The third kappa shape index (κ3) is 6.43. The predicted octanol–water partition coefficient (Wildman–Crippen LogP) is 5.17. The van der Waals surface area contributed by atoms with Gasteiger partial charge in [-0.25, -0.2) is 0 Å². The van der Waals surface area contributed by atoms with E-state index in [2.05, 4.69) is 134 Å². The molecule has 1 saturated heterocycles. The second-order valence-electron chi connectivity index (χ2n) is 13.9. The van der Waals surface area contributed by atoms with E-state index in [0.717, 1.165) is 46.2 Å². The molecule has 1 aliphatic heterocycles. The van der Waals surface area contributed by atoms with Crippen LogP contribution in [0.2, 0.25) is 0 Å². The first-order valence-electron chi connectivity index (χ1n) is 16.2. The number of halogens is 1. The van der Waals surface area contributed by atoms with Crippen LogP contribution in [0.4, 0.5) is 0 Å². The van der Waals surface area contributed by atoms with Crippen molar-refractivity contribution >= 4 is 12.4 Å². The first-order chi connectivity index (χ1) is 21.5. The Hall–Kier alpha value is -3.37. The van der Waals surface area contributed by atoms with Gasteiger partial charge in [-0.05, 0) is 0 Å². The number of phenols is 2. The molecule has 46 heavy (non-hydrogen) atoms. The molecule has 2 N–H and O–H groups in total. The van der Waals surface area contributed by atoms with Crippen molar-refractivity contribution in [3.8, 4) is 11.5 Å². The van der Waals surface area contributed by atoms with Crippen molar-refractivity contribution in [2.75, 3.05) is 0 Å². The summed E-state index contributed by atoms with van der Waals surface area (Å²) in [4.78, 5) is 0. The van der Waals surface area contributed by atoms with Crippen molar-refractivity contribution in [3.63, 3.8) is 0 Å². The van der Waals surface area contributed by atoms with Crippen LogP contribution in [0.25, 0.3) is 0 Å². The van der Waals surface area contributed by atoms with E-state index in [4.69, 9.17) is 0 Å². The Morgan fingerprint density at radius 2 is 1.00 bits per heavy atom. The third-order valence-electron chi connectivity index (χ3n) is 9.93. The van der Waals surface area contributed by atoms with Gasteiger partial charge in [0.2, 0.25) is 0 Å². The third-order valence-corrected chi connectivity index (χ3v) is 11.6. The standard InChI is InChI=1S/C40H46N2O2.ClH.Mn/c1-27-21-29(37(43)33(23-27)39(3,4)31-15-9-7-10-16-31)25-41-35-19-13-14-20-36(35)42-26-30-22-28(2)24-34(38(30)44)40(5,6)32-17-11-8-12-18-32;;/h7-12,15-18,21-26,35-36,43-44H,13-14,19-20H2,1-6H3;1H;/q;;+2/p-1/t35-,36-;;/m1../s1. The number of hydrogen-bond acceptors (Lipinski definition) is 2. The fraction of sp³-hybridized carbons (Fsp3) is 0.350. The van der Waals surface area contributed by atoms with Gasteiger partial charge in [-0.15, -0.1) is 0 Å². The summed E-state index contributed by atoms with van der Waals surface area (Å²) in [7, 11) is 0. The van der Waals surface area contributed by atoms with Gasteiger partial charge in [-0.2, -0.15) is 0 Å². The number of hydrogen-bond donors (Lipinski definition) is 2. The van der Waals surface area contributed by atoms with E-state index in [-0.39, 0.29) is 23.2 Å². The molecule has 4 nitrogen and oxygen atoms in total. The summed E-state index contributed by atoms with van der Waals surface area (Å²) in [5.41, 5.74) is 7.61. The van der Waals surface area contributed by atoms with Crippen molar-refractivity contribution in [1.82, 2.24) is 0 Å². The molecule has 4 aromatic carbocycles. The Labute approximate surface area is 287 Å². The van der Waals surface area contributed by atoms with Crippen LogP contribution in [0.3, 0.4) is 0 Å². The van der Waals surface area contributed by atoms with Gasteiger partial charge in [0.15, 0.2) is 0 Å². The van der Waals surface area contributed by atoms with Crippen molar-refractivity contribution in [3.05, 3.63) is 129 Å². The number of rotatable bonds is 6. The summed E-state index contributed by atoms with van der Waals surface area (Å²) < 4.78 is 4.92. The van der Waals surface area contributed by atoms with E-state index < -0.39 is 0 Å². The van der Waals surface area contributed by atoms with E-state index in [1.54, 1.807) is 0 Å². The van der Waals surface area contributed by atoms with Gasteiger partial charge in [0, 0.05) is 0 Å². The van der Waals surface area contributed by atoms with Crippen molar-refractivity contribution < 1.29 is 45.2 Å². The molecule has 0 radical (unpaired) electrons. The predicted molar refractivity (Wildman–Crippen MR) is 180 cm³/mol. The van der Waals surface area contributed by atoms with Crippen molar-refractivity contribution in [2.45, 2.75) is 90.1 Å². The summed E-state index contributed by atoms with van der Waals surface area (Å²) in [6.45, 7) is 13.0. The maximum atomic E-state index is 11.7. The number of fused-ring (bicyclic) bond motifs is 1. The van der Waals surface area contributed by atoms with Crippen LogP contribution in [0.5, 0.6) is 11.5 Å². The maximum Gasteiger partial charge on any atom is -1.00 e. The second kappa shape index (κ2) is 13.4. The quantitative estimate of drug-likeness (QED) is 0.277. The normalized spacial score (nSPS) is 20.0. The molecular weight excluding hydrogens is 631 g/mol. The fourth-order valence-corrected chi connectivity index (χ4v) is 9.01. The Morgan fingerprint density at radius 3 is 1.37 bits per heavy atom. The van der Waals surface area contributed by atoms with Crippen LogP contribution in [0, 0.1) is 13.8 Å². The molecule has 1 saturated carbocycles. The summed E-state index contributed by atoms with van der Waals surface area (Å²) >= 11 is 0.348. The summed E-state index contributed by atoms with van der Waals surface area (Å²) in [6, 6.07) is 30.1. The van der Waals surface area contributed by atoms with Crippen LogP contribution in [0.15, 0.2) is 84.9 Å². The zero-order chi connectivity index (χ0) is 31.9. The van der Waals surface area contributed by atoms with Gasteiger partial charge in [0.1, 0.15) is 0 Å². The van der Waals surface area contributed by atoms with Gasteiger partial charge >= 0.3 is 276 Å². The van der Waals surface area contributed by atoms with Gasteiger partial charge in [-0.3, -0.25) is 0 Å². The van der Waals surface area contributed by atoms with E-state index in [9.17, 15) is 10.2 Å². The number of nitrogens with zero attached hydrogens (tertiary/aromatic N) is 2. The molecular formula is C40H46ClMnN2O2+. The largest absolute Gasteiger partial charge is 1.00 e. The van der Waals surface area contributed by atoms with Crippen LogP contribution in [-0.2, 0) is 26.2 Å². The Kier molecular flexibility index (Phi) is 9.89. The molecule has 0 unspecified atom stereocenters. The minimum atomic E-state index is -0.339. The molecule has 2 atom stereocenters. The zero-order valence-electron chi connectivity index (χ0n) is 27.8. The number of aromatic hydroxyl groups is 2. The molecule has 0 spiro atoms. The number of benzene rings is 4. The second-order valence-corrected chi connectivity index (χ2v) is 15.4. The summed E-state index contributed by atoms with van der Waals surface area (Å²) in [5, 5.41) is 23.5. The van der Waals surface area contributed by atoms with E-state index in [0.29, 0.717) is 39.0 Å². The molecule has 1 aliphatic carbocycles. The molecule has 6 rings (SSSR count). The number of phenolic OH excluding ortho intramolecular Hbond substituents is 2. The molecule has 6 heteroatoms. The topological polar surface area (TPSA) is 46.5 Å². The smallest absolute Gasteiger partial charge is 1.00 e. The van der Waals surface area contributed by atoms with Crippen LogP contribution in [-0.4, -0.2) is 41.9 Å². The van der Waals surface area contributed by atoms with Crippen LogP contribution >= 0.6 is 0 Å². The Balaban J connectivity index is 0.00000417. The van der Waals surface area contributed by atoms with E-state index in [1.165, 1.54) is 24.0 Å².